The van der Waals surface area contributed by atoms with E-state index in [4.69, 9.17) is 4.42 Å². The van der Waals surface area contributed by atoms with E-state index in [1.54, 1.807) is 6.26 Å². The van der Waals surface area contributed by atoms with E-state index < -0.39 is 0 Å². The summed E-state index contributed by atoms with van der Waals surface area (Å²) in [6.07, 6.45) is 1.61. The van der Waals surface area contributed by atoms with Crippen molar-refractivity contribution in [2.45, 2.75) is 6.92 Å². The summed E-state index contributed by atoms with van der Waals surface area (Å²) in [4.78, 5) is 8.94. The standard InChI is InChI=1S/C20H13N7OS/c1-11-9-12(15-6-4-8-28-15)17-18(22-11)25-27-19(17)26-24-14(10-21)20-23-13-5-2-3-7-16(13)29-20/h2-9H,1H3,(H2,22,25,26,27)/b24-14+. The highest BCUT2D eigenvalue weighted by Crippen LogP contribution is 2.32. The van der Waals surface area contributed by atoms with E-state index in [-0.39, 0.29) is 5.71 Å². The van der Waals surface area contributed by atoms with Gasteiger partial charge in [0.1, 0.15) is 11.8 Å². The third-order valence-electron chi connectivity index (χ3n) is 4.32. The van der Waals surface area contributed by atoms with Crippen molar-refractivity contribution >= 4 is 44.1 Å². The van der Waals surface area contributed by atoms with Crippen molar-refractivity contribution in [2.24, 2.45) is 5.10 Å². The van der Waals surface area contributed by atoms with Crippen molar-refractivity contribution in [3.8, 4) is 17.4 Å². The smallest absolute Gasteiger partial charge is 0.196 e. The number of nitrogens with one attached hydrogen (secondary N) is 2. The van der Waals surface area contributed by atoms with E-state index in [1.165, 1.54) is 11.3 Å². The number of hydrogen-bond donors (Lipinski definition) is 2. The molecule has 0 saturated heterocycles. The van der Waals surface area contributed by atoms with Crippen LogP contribution in [0.15, 0.2) is 58.2 Å². The van der Waals surface area contributed by atoms with Crippen molar-refractivity contribution in [2.75, 3.05) is 5.43 Å². The number of rotatable bonds is 4. The van der Waals surface area contributed by atoms with Crippen LogP contribution in [-0.2, 0) is 0 Å². The summed E-state index contributed by atoms with van der Waals surface area (Å²) in [6, 6.07) is 15.4. The third kappa shape index (κ3) is 3.01. The van der Waals surface area contributed by atoms with Crippen LogP contribution >= 0.6 is 11.3 Å². The second-order valence-corrected chi connectivity index (χ2v) is 7.29. The second-order valence-electron chi connectivity index (χ2n) is 6.26. The molecule has 0 atom stereocenters. The number of para-hydroxylation sites is 1. The number of furan rings is 1. The minimum atomic E-state index is 0.188. The van der Waals surface area contributed by atoms with Gasteiger partial charge in [-0.1, -0.05) is 12.1 Å². The lowest BCUT2D eigenvalue weighted by atomic mass is 10.1. The molecule has 4 aromatic heterocycles. The molecule has 1 aromatic carbocycles. The Morgan fingerprint density at radius 3 is 2.93 bits per heavy atom. The molecule has 29 heavy (non-hydrogen) atoms. The highest BCUT2D eigenvalue weighted by Gasteiger charge is 2.16. The molecule has 9 heteroatoms. The number of aromatic amines is 1. The van der Waals surface area contributed by atoms with Crippen LogP contribution in [0.2, 0.25) is 0 Å². The van der Waals surface area contributed by atoms with Gasteiger partial charge in [0.05, 0.1) is 21.9 Å². The Morgan fingerprint density at radius 1 is 1.24 bits per heavy atom. The monoisotopic (exact) mass is 399 g/mol. The average molecular weight is 399 g/mol. The number of aromatic nitrogens is 4. The summed E-state index contributed by atoms with van der Waals surface area (Å²) in [5, 5.41) is 22.3. The van der Waals surface area contributed by atoms with E-state index in [0.717, 1.165) is 26.9 Å². The molecule has 5 rings (SSSR count). The van der Waals surface area contributed by atoms with E-state index >= 15 is 0 Å². The molecular formula is C20H13N7OS. The van der Waals surface area contributed by atoms with Crippen LogP contribution in [0.25, 0.3) is 32.6 Å². The lowest BCUT2D eigenvalue weighted by Gasteiger charge is -2.04. The Kier molecular flexibility index (Phi) is 4.04. The van der Waals surface area contributed by atoms with Crippen LogP contribution < -0.4 is 5.43 Å². The van der Waals surface area contributed by atoms with Crippen molar-refractivity contribution in [3.05, 3.63) is 59.4 Å². The van der Waals surface area contributed by atoms with Gasteiger partial charge in [-0.25, -0.2) is 9.97 Å². The minimum absolute atomic E-state index is 0.188. The van der Waals surface area contributed by atoms with E-state index in [1.807, 2.05) is 49.4 Å². The molecule has 0 bridgehead atoms. The van der Waals surface area contributed by atoms with E-state index in [2.05, 4.69) is 36.8 Å². The Morgan fingerprint density at radius 2 is 2.14 bits per heavy atom. The number of anilines is 1. The molecule has 2 N–H and O–H groups in total. The van der Waals surface area contributed by atoms with Crippen LogP contribution in [0, 0.1) is 18.3 Å². The number of benzene rings is 1. The molecule has 0 spiro atoms. The molecule has 140 valence electrons. The Hall–Kier alpha value is -4.03. The van der Waals surface area contributed by atoms with Gasteiger partial charge in [0.25, 0.3) is 0 Å². The van der Waals surface area contributed by atoms with Gasteiger partial charge in [-0.3, -0.25) is 10.5 Å². The largest absolute Gasteiger partial charge is 0.464 e. The van der Waals surface area contributed by atoms with Gasteiger partial charge < -0.3 is 4.42 Å². The Bertz CT molecular complexity index is 1370. The predicted molar refractivity (Wildman–Crippen MR) is 112 cm³/mol. The number of hydrazone groups is 1. The number of nitriles is 1. The fourth-order valence-corrected chi connectivity index (χ4v) is 3.97. The van der Waals surface area contributed by atoms with Gasteiger partial charge in [0.2, 0.25) is 0 Å². The number of fused-ring (bicyclic) bond motifs is 2. The summed E-state index contributed by atoms with van der Waals surface area (Å²) < 4.78 is 6.56. The average Bonchev–Trinajstić information content (AvgIpc) is 3.47. The van der Waals surface area contributed by atoms with Crippen LogP contribution in [0.5, 0.6) is 0 Å². The van der Waals surface area contributed by atoms with Gasteiger partial charge in [0.15, 0.2) is 22.2 Å². The molecule has 0 aliphatic rings. The van der Waals surface area contributed by atoms with Gasteiger partial charge in [0, 0.05) is 11.3 Å². The lowest BCUT2D eigenvalue weighted by molar-refractivity contribution is 0.583. The minimum Gasteiger partial charge on any atom is -0.464 e. The SMILES string of the molecule is Cc1cc(-c2ccco2)c2c(N/N=C(\C#N)c3nc4ccccc4s3)[nH]nc2n1. The molecule has 0 unspecified atom stereocenters. The molecule has 5 aromatic rings. The first-order chi connectivity index (χ1) is 14.2. The normalized spacial score (nSPS) is 11.8. The first-order valence-electron chi connectivity index (χ1n) is 8.72. The van der Waals surface area contributed by atoms with Crippen LogP contribution in [0.4, 0.5) is 5.82 Å². The molecule has 0 aliphatic carbocycles. The maximum absolute atomic E-state index is 9.58. The summed E-state index contributed by atoms with van der Waals surface area (Å²) >= 11 is 1.42. The van der Waals surface area contributed by atoms with Gasteiger partial charge in [-0.2, -0.15) is 15.5 Å². The Labute approximate surface area is 168 Å². The second kappa shape index (κ2) is 6.85. The summed E-state index contributed by atoms with van der Waals surface area (Å²) in [5.41, 5.74) is 6.13. The van der Waals surface area contributed by atoms with E-state index in [9.17, 15) is 5.26 Å². The number of hydrogen-bond acceptors (Lipinski definition) is 8. The first kappa shape index (κ1) is 17.1. The molecule has 0 saturated carbocycles. The molecule has 0 fully saturated rings. The molecule has 8 nitrogen and oxygen atoms in total. The summed E-state index contributed by atoms with van der Waals surface area (Å²) in [6.45, 7) is 1.90. The third-order valence-corrected chi connectivity index (χ3v) is 5.36. The van der Waals surface area contributed by atoms with Gasteiger partial charge in [-0.15, -0.1) is 11.3 Å². The number of nitrogens with zero attached hydrogens (tertiary/aromatic N) is 5. The van der Waals surface area contributed by atoms with Gasteiger partial charge >= 0.3 is 0 Å². The summed E-state index contributed by atoms with van der Waals surface area (Å²) in [5.74, 6) is 1.22. The molecule has 0 aliphatic heterocycles. The van der Waals surface area contributed by atoms with Crippen LogP contribution in [0.1, 0.15) is 10.7 Å². The van der Waals surface area contributed by atoms with Crippen molar-refractivity contribution < 1.29 is 4.42 Å². The summed E-state index contributed by atoms with van der Waals surface area (Å²) in [7, 11) is 0. The van der Waals surface area contributed by atoms with Crippen molar-refractivity contribution in [1.29, 1.82) is 5.26 Å². The van der Waals surface area contributed by atoms with E-state index in [0.29, 0.717) is 22.2 Å². The molecular weight excluding hydrogens is 386 g/mol. The number of H-pyrrole nitrogens is 1. The zero-order chi connectivity index (χ0) is 19.8. The number of aryl methyl sites for hydroxylation is 1. The topological polar surface area (TPSA) is 116 Å². The maximum Gasteiger partial charge on any atom is 0.196 e. The quantitative estimate of drug-likeness (QED) is 0.340. The Balaban J connectivity index is 1.57. The number of pyridine rings is 1. The van der Waals surface area contributed by atoms with Gasteiger partial charge in [-0.05, 0) is 37.3 Å². The lowest BCUT2D eigenvalue weighted by Crippen LogP contribution is -2.01. The molecule has 0 amide bonds. The maximum atomic E-state index is 9.58. The first-order valence-corrected chi connectivity index (χ1v) is 9.54. The zero-order valence-electron chi connectivity index (χ0n) is 15.2. The highest BCUT2D eigenvalue weighted by molar-refractivity contribution is 7.20. The predicted octanol–water partition coefficient (Wildman–Crippen LogP) is 4.48. The molecule has 0 radical (unpaired) electrons. The van der Waals surface area contributed by atoms with Crippen LogP contribution in [0.3, 0.4) is 0 Å². The fourth-order valence-electron chi connectivity index (χ4n) is 3.06. The zero-order valence-corrected chi connectivity index (χ0v) is 16.0. The fraction of sp³-hybridized carbons (Fsp3) is 0.0500. The van der Waals surface area contributed by atoms with Crippen molar-refractivity contribution in [3.63, 3.8) is 0 Å². The van der Waals surface area contributed by atoms with Crippen molar-refractivity contribution in [1.82, 2.24) is 20.2 Å². The molecule has 4 heterocycles. The van der Waals surface area contributed by atoms with Crippen LogP contribution in [-0.4, -0.2) is 25.9 Å². The number of thiazole rings is 1. The highest BCUT2D eigenvalue weighted by atomic mass is 32.1.